The quantitative estimate of drug-likeness (QED) is 0.501. The third-order valence-electron chi connectivity index (χ3n) is 2.76. The number of nitrogen functional groups attached to an aromatic ring is 1. The minimum atomic E-state index is -0.479. The molecule has 1 aromatic heterocycles. The Hall–Kier alpha value is -2.19. The molecule has 7 nitrogen and oxygen atoms in total. The van der Waals surface area contributed by atoms with Crippen molar-refractivity contribution in [1.82, 2.24) is 4.57 Å². The maximum atomic E-state index is 11.7. The highest BCUT2D eigenvalue weighted by Crippen LogP contribution is 2.22. The van der Waals surface area contributed by atoms with Gasteiger partial charge in [0, 0.05) is 28.8 Å². The highest BCUT2D eigenvalue weighted by atomic mass is 32.1. The zero-order valence-electron chi connectivity index (χ0n) is 10.1. The first kappa shape index (κ1) is 13.2. The molecule has 0 fully saturated rings. The van der Waals surface area contributed by atoms with Gasteiger partial charge in [0.1, 0.15) is 0 Å². The molecule has 0 aliphatic heterocycles. The average molecular weight is 280 g/mol. The number of benzene rings is 1. The van der Waals surface area contributed by atoms with Crippen LogP contribution in [0.25, 0.3) is 0 Å². The normalized spacial score (nSPS) is 10.4. The van der Waals surface area contributed by atoms with E-state index in [0.717, 1.165) is 17.0 Å². The SMILES string of the molecule is Cc1csc(=O)n1Cc1cc([N+](=O)[O-])ccc1NN. The molecule has 8 heteroatoms. The summed E-state index contributed by atoms with van der Waals surface area (Å²) >= 11 is 1.10. The number of hydrogen-bond acceptors (Lipinski definition) is 6. The van der Waals surface area contributed by atoms with Crippen molar-refractivity contribution in [2.75, 3.05) is 5.43 Å². The summed E-state index contributed by atoms with van der Waals surface area (Å²) in [5, 5.41) is 12.5. The Labute approximate surface area is 112 Å². The van der Waals surface area contributed by atoms with Crippen LogP contribution in [0.1, 0.15) is 11.3 Å². The van der Waals surface area contributed by atoms with Crippen LogP contribution in [0.3, 0.4) is 0 Å². The molecule has 1 aromatic carbocycles. The molecular formula is C11H12N4O3S. The van der Waals surface area contributed by atoms with E-state index in [1.165, 1.54) is 18.2 Å². The van der Waals surface area contributed by atoms with Crippen LogP contribution in [0.5, 0.6) is 0 Å². The first-order valence-corrected chi connectivity index (χ1v) is 6.29. The van der Waals surface area contributed by atoms with Crippen LogP contribution in [0.2, 0.25) is 0 Å². The van der Waals surface area contributed by atoms with Gasteiger partial charge in [-0.3, -0.25) is 25.3 Å². The second-order valence-electron chi connectivity index (χ2n) is 3.97. The van der Waals surface area contributed by atoms with Gasteiger partial charge >= 0.3 is 4.87 Å². The van der Waals surface area contributed by atoms with Crippen molar-refractivity contribution >= 4 is 22.7 Å². The zero-order valence-corrected chi connectivity index (χ0v) is 10.9. The lowest BCUT2D eigenvalue weighted by Gasteiger charge is -2.10. The van der Waals surface area contributed by atoms with Gasteiger partial charge in [-0.05, 0) is 13.0 Å². The molecule has 3 N–H and O–H groups in total. The molecule has 1 heterocycles. The Morgan fingerprint density at radius 2 is 2.26 bits per heavy atom. The van der Waals surface area contributed by atoms with E-state index in [1.807, 2.05) is 6.92 Å². The number of nitro groups is 1. The summed E-state index contributed by atoms with van der Waals surface area (Å²) < 4.78 is 1.55. The van der Waals surface area contributed by atoms with Crippen molar-refractivity contribution < 1.29 is 4.92 Å². The van der Waals surface area contributed by atoms with Gasteiger partial charge in [0.15, 0.2) is 0 Å². The number of hydrogen-bond donors (Lipinski definition) is 2. The van der Waals surface area contributed by atoms with Crippen molar-refractivity contribution in [2.24, 2.45) is 5.84 Å². The van der Waals surface area contributed by atoms with Crippen LogP contribution >= 0.6 is 11.3 Å². The van der Waals surface area contributed by atoms with Crippen molar-refractivity contribution in [1.29, 1.82) is 0 Å². The molecule has 2 rings (SSSR count). The molecule has 0 atom stereocenters. The van der Waals surface area contributed by atoms with Gasteiger partial charge in [0.25, 0.3) is 5.69 Å². The van der Waals surface area contributed by atoms with E-state index in [-0.39, 0.29) is 17.1 Å². The minimum absolute atomic E-state index is 0.0325. The first-order chi connectivity index (χ1) is 9.02. The minimum Gasteiger partial charge on any atom is -0.324 e. The third kappa shape index (κ3) is 2.64. The lowest BCUT2D eigenvalue weighted by atomic mass is 10.1. The van der Waals surface area contributed by atoms with Gasteiger partial charge in [-0.2, -0.15) is 0 Å². The highest BCUT2D eigenvalue weighted by molar-refractivity contribution is 7.07. The number of thiazole rings is 1. The molecule has 0 aliphatic carbocycles. The maximum Gasteiger partial charge on any atom is 0.307 e. The van der Waals surface area contributed by atoms with Crippen LogP contribution in [-0.2, 0) is 6.54 Å². The lowest BCUT2D eigenvalue weighted by molar-refractivity contribution is -0.384. The van der Waals surface area contributed by atoms with Gasteiger partial charge in [-0.1, -0.05) is 11.3 Å². The van der Waals surface area contributed by atoms with E-state index in [9.17, 15) is 14.9 Å². The molecule has 0 bridgehead atoms. The molecule has 0 unspecified atom stereocenters. The number of non-ortho nitro benzene ring substituents is 1. The van der Waals surface area contributed by atoms with E-state index in [0.29, 0.717) is 11.3 Å². The van der Waals surface area contributed by atoms with E-state index < -0.39 is 4.92 Å². The molecule has 0 aliphatic rings. The number of hydrazine groups is 1. The van der Waals surface area contributed by atoms with E-state index in [1.54, 1.807) is 9.95 Å². The van der Waals surface area contributed by atoms with Crippen molar-refractivity contribution in [3.05, 3.63) is 54.6 Å². The number of aromatic nitrogens is 1. The lowest BCUT2D eigenvalue weighted by Crippen LogP contribution is -2.17. The average Bonchev–Trinajstić information content (AvgIpc) is 2.70. The molecule has 100 valence electrons. The molecule has 0 amide bonds. The number of nitrogens with zero attached hydrogens (tertiary/aromatic N) is 2. The molecular weight excluding hydrogens is 268 g/mol. The monoisotopic (exact) mass is 280 g/mol. The van der Waals surface area contributed by atoms with Crippen molar-refractivity contribution in [3.63, 3.8) is 0 Å². The summed E-state index contributed by atoms with van der Waals surface area (Å²) in [5.74, 6) is 5.38. The Balaban J connectivity index is 2.46. The predicted octanol–water partition coefficient (Wildman–Crippen LogP) is 1.46. The van der Waals surface area contributed by atoms with E-state index in [4.69, 9.17) is 5.84 Å². The molecule has 19 heavy (non-hydrogen) atoms. The molecule has 0 radical (unpaired) electrons. The van der Waals surface area contributed by atoms with Gasteiger partial charge in [-0.15, -0.1) is 0 Å². The second kappa shape index (κ2) is 5.21. The Morgan fingerprint density at radius 1 is 1.53 bits per heavy atom. The Kier molecular flexibility index (Phi) is 3.63. The number of nitrogens with two attached hydrogens (primary N) is 1. The number of anilines is 1. The highest BCUT2D eigenvalue weighted by Gasteiger charge is 2.12. The van der Waals surface area contributed by atoms with Gasteiger partial charge < -0.3 is 5.43 Å². The van der Waals surface area contributed by atoms with E-state index >= 15 is 0 Å². The standard InChI is InChI=1S/C11H12N4O3S/c1-7-6-19-11(16)14(7)5-8-4-9(15(17)18)2-3-10(8)13-12/h2-4,6,13H,5,12H2,1H3. The molecule has 2 aromatic rings. The summed E-state index contributed by atoms with van der Waals surface area (Å²) in [7, 11) is 0. The Morgan fingerprint density at radius 3 is 2.79 bits per heavy atom. The number of rotatable bonds is 4. The van der Waals surface area contributed by atoms with Crippen molar-refractivity contribution in [3.8, 4) is 0 Å². The van der Waals surface area contributed by atoms with Crippen LogP contribution in [0, 0.1) is 17.0 Å². The third-order valence-corrected chi connectivity index (χ3v) is 3.64. The van der Waals surface area contributed by atoms with Crippen molar-refractivity contribution in [2.45, 2.75) is 13.5 Å². The smallest absolute Gasteiger partial charge is 0.307 e. The van der Waals surface area contributed by atoms with Gasteiger partial charge in [0.2, 0.25) is 0 Å². The van der Waals surface area contributed by atoms with Crippen LogP contribution in [-0.4, -0.2) is 9.49 Å². The van der Waals surface area contributed by atoms with Gasteiger partial charge in [-0.25, -0.2) is 0 Å². The number of nitrogens with one attached hydrogen (secondary N) is 1. The van der Waals surface area contributed by atoms with Crippen LogP contribution in [0.15, 0.2) is 28.4 Å². The summed E-state index contributed by atoms with van der Waals surface area (Å²) in [6.45, 7) is 2.06. The Bertz CT molecular complexity index is 677. The molecule has 0 saturated heterocycles. The number of aryl methyl sites for hydroxylation is 1. The fourth-order valence-corrected chi connectivity index (χ4v) is 2.47. The zero-order chi connectivity index (χ0) is 14.0. The van der Waals surface area contributed by atoms with Crippen LogP contribution < -0.4 is 16.1 Å². The largest absolute Gasteiger partial charge is 0.324 e. The summed E-state index contributed by atoms with van der Waals surface area (Å²) in [5.41, 5.74) is 4.41. The molecule has 0 spiro atoms. The first-order valence-electron chi connectivity index (χ1n) is 5.42. The van der Waals surface area contributed by atoms with E-state index in [2.05, 4.69) is 5.43 Å². The topological polar surface area (TPSA) is 103 Å². The van der Waals surface area contributed by atoms with Gasteiger partial charge in [0.05, 0.1) is 17.2 Å². The van der Waals surface area contributed by atoms with Crippen LogP contribution in [0.4, 0.5) is 11.4 Å². The number of nitro benzene ring substituents is 1. The summed E-state index contributed by atoms with van der Waals surface area (Å²) in [6, 6.07) is 4.31. The fourth-order valence-electron chi connectivity index (χ4n) is 1.73. The predicted molar refractivity (Wildman–Crippen MR) is 73.3 cm³/mol. The molecule has 0 saturated carbocycles. The summed E-state index contributed by atoms with van der Waals surface area (Å²) in [4.78, 5) is 21.9. The summed E-state index contributed by atoms with van der Waals surface area (Å²) in [6.07, 6.45) is 0. The maximum absolute atomic E-state index is 11.7. The second-order valence-corrected chi connectivity index (χ2v) is 4.79. The fraction of sp³-hybridized carbons (Fsp3) is 0.182.